The van der Waals surface area contributed by atoms with Crippen LogP contribution in [0.2, 0.25) is 0 Å². The number of carbonyl (C=O) groups excluding carboxylic acids is 2. The van der Waals surface area contributed by atoms with Gasteiger partial charge in [-0.2, -0.15) is 0 Å². The van der Waals surface area contributed by atoms with E-state index in [0.29, 0.717) is 26.2 Å². The molecule has 0 aromatic rings. The summed E-state index contributed by atoms with van der Waals surface area (Å²) >= 11 is 0. The van der Waals surface area contributed by atoms with E-state index < -0.39 is 0 Å². The first-order chi connectivity index (χ1) is 6.72. The van der Waals surface area contributed by atoms with E-state index in [9.17, 15) is 9.59 Å². The summed E-state index contributed by atoms with van der Waals surface area (Å²) in [6.07, 6.45) is 0. The minimum Gasteiger partial charge on any atom is -0.336 e. The number of urea groups is 2. The van der Waals surface area contributed by atoms with Gasteiger partial charge in [0.15, 0.2) is 0 Å². The number of carbonyl (C=O) groups is 2. The maximum atomic E-state index is 11.2. The van der Waals surface area contributed by atoms with Gasteiger partial charge in [0.25, 0.3) is 0 Å². The van der Waals surface area contributed by atoms with Crippen LogP contribution in [0.1, 0.15) is 0 Å². The van der Waals surface area contributed by atoms with Gasteiger partial charge in [-0.05, 0) is 0 Å². The van der Waals surface area contributed by atoms with Crippen molar-refractivity contribution < 1.29 is 9.59 Å². The second kappa shape index (κ2) is 3.33. The highest BCUT2D eigenvalue weighted by Crippen LogP contribution is 2.13. The predicted molar refractivity (Wildman–Crippen MR) is 48.2 cm³/mol. The maximum Gasteiger partial charge on any atom is 0.331 e. The van der Waals surface area contributed by atoms with Gasteiger partial charge in [0, 0.05) is 26.2 Å². The van der Waals surface area contributed by atoms with E-state index >= 15 is 0 Å². The van der Waals surface area contributed by atoms with Crippen LogP contribution in [0.3, 0.4) is 0 Å². The average Bonchev–Trinajstić information content (AvgIpc) is 2.59. The molecule has 2 rings (SSSR count). The first kappa shape index (κ1) is 9.07. The number of piperazine rings is 1. The van der Waals surface area contributed by atoms with Gasteiger partial charge in [-0.25, -0.2) is 15.4 Å². The Balaban J connectivity index is 1.99. The summed E-state index contributed by atoms with van der Waals surface area (Å²) in [6, 6.07) is -0.236. The van der Waals surface area contributed by atoms with Crippen molar-refractivity contribution in [3.8, 4) is 0 Å². The Morgan fingerprint density at radius 3 is 3.07 bits per heavy atom. The summed E-state index contributed by atoms with van der Waals surface area (Å²) in [4.78, 5) is 25.8. The summed E-state index contributed by atoms with van der Waals surface area (Å²) in [5.41, 5.74) is 2.09. The van der Waals surface area contributed by atoms with Crippen LogP contribution < -0.4 is 16.6 Å². The van der Waals surface area contributed by atoms with Crippen molar-refractivity contribution in [2.75, 3.05) is 26.2 Å². The Bertz CT molecular complexity index is 269. The molecule has 0 saturated carbocycles. The molecule has 2 saturated heterocycles. The molecule has 0 aromatic heterocycles. The molecule has 2 heterocycles. The van der Waals surface area contributed by atoms with Gasteiger partial charge in [0.2, 0.25) is 0 Å². The molecule has 0 aliphatic carbocycles. The second-order valence-electron chi connectivity index (χ2n) is 3.43. The van der Waals surface area contributed by atoms with Crippen LogP contribution in [-0.2, 0) is 0 Å². The zero-order chi connectivity index (χ0) is 10.1. The highest BCUT2D eigenvalue weighted by atomic mass is 16.2. The number of hydrogen-bond donors (Lipinski definition) is 3. The first-order valence-corrected chi connectivity index (χ1v) is 4.52. The van der Waals surface area contributed by atoms with Crippen molar-refractivity contribution in [1.82, 2.24) is 20.5 Å². The lowest BCUT2D eigenvalue weighted by Gasteiger charge is -2.35. The number of fused-ring (bicyclic) bond motifs is 1. The van der Waals surface area contributed by atoms with E-state index in [1.54, 1.807) is 9.80 Å². The van der Waals surface area contributed by atoms with Crippen LogP contribution >= 0.6 is 0 Å². The molecule has 7 nitrogen and oxygen atoms in total. The van der Waals surface area contributed by atoms with Gasteiger partial charge in [-0.1, -0.05) is 0 Å². The van der Waals surface area contributed by atoms with Gasteiger partial charge in [-0.15, -0.1) is 0 Å². The van der Waals surface area contributed by atoms with Crippen molar-refractivity contribution in [1.29, 1.82) is 0 Å². The first-order valence-electron chi connectivity index (χ1n) is 4.52. The van der Waals surface area contributed by atoms with E-state index in [2.05, 4.69) is 10.7 Å². The van der Waals surface area contributed by atoms with Crippen LogP contribution in [0.25, 0.3) is 0 Å². The van der Waals surface area contributed by atoms with Gasteiger partial charge >= 0.3 is 12.1 Å². The third kappa shape index (κ3) is 1.35. The Kier molecular flexibility index (Phi) is 2.16. The van der Waals surface area contributed by atoms with Gasteiger partial charge < -0.3 is 15.1 Å². The molecular weight excluding hydrogens is 186 g/mol. The Morgan fingerprint density at radius 2 is 2.36 bits per heavy atom. The highest BCUT2D eigenvalue weighted by molar-refractivity contribution is 5.78. The molecule has 0 spiro atoms. The number of nitrogens with two attached hydrogens (primary N) is 1. The lowest BCUT2D eigenvalue weighted by atomic mass is 10.2. The standard InChI is InChI=1S/C7H13N5O2/c8-10-7(14)11-1-2-12-5(4-11)3-9-6(12)13/h5H,1-4,8H2,(H,9,13)(H,10,14). The summed E-state index contributed by atoms with van der Waals surface area (Å²) in [7, 11) is 0. The van der Waals surface area contributed by atoms with E-state index in [1.165, 1.54) is 0 Å². The minimum atomic E-state index is -0.288. The smallest absolute Gasteiger partial charge is 0.331 e. The molecule has 0 radical (unpaired) electrons. The molecule has 4 N–H and O–H groups in total. The predicted octanol–water partition coefficient (Wildman–Crippen LogP) is -1.72. The van der Waals surface area contributed by atoms with Gasteiger partial charge in [0.1, 0.15) is 0 Å². The molecule has 78 valence electrons. The zero-order valence-electron chi connectivity index (χ0n) is 7.69. The fourth-order valence-electron chi connectivity index (χ4n) is 1.88. The lowest BCUT2D eigenvalue weighted by molar-refractivity contribution is 0.130. The fraction of sp³-hybridized carbons (Fsp3) is 0.714. The summed E-state index contributed by atoms with van der Waals surface area (Å²) in [6.45, 7) is 2.26. The van der Waals surface area contributed by atoms with E-state index in [1.807, 2.05) is 0 Å². The average molecular weight is 199 g/mol. The van der Waals surface area contributed by atoms with Gasteiger partial charge in [-0.3, -0.25) is 5.43 Å². The van der Waals surface area contributed by atoms with E-state index in [0.717, 1.165) is 0 Å². The van der Waals surface area contributed by atoms with E-state index in [4.69, 9.17) is 5.84 Å². The summed E-state index contributed by atoms with van der Waals surface area (Å²) in [5.74, 6) is 5.03. The Hall–Kier alpha value is -1.50. The molecule has 2 fully saturated rings. The van der Waals surface area contributed by atoms with Crippen LogP contribution in [-0.4, -0.2) is 54.1 Å². The zero-order valence-corrected chi connectivity index (χ0v) is 7.69. The number of amides is 4. The van der Waals surface area contributed by atoms with Crippen LogP contribution in [0, 0.1) is 0 Å². The Morgan fingerprint density at radius 1 is 1.57 bits per heavy atom. The molecule has 0 aromatic carbocycles. The summed E-state index contributed by atoms with van der Waals surface area (Å²) < 4.78 is 0. The third-order valence-corrected chi connectivity index (χ3v) is 2.64. The Labute approximate surface area is 81.2 Å². The highest BCUT2D eigenvalue weighted by Gasteiger charge is 2.36. The van der Waals surface area contributed by atoms with Crippen molar-refractivity contribution in [3.05, 3.63) is 0 Å². The normalized spacial score (nSPS) is 25.8. The molecule has 4 amide bonds. The molecular formula is C7H13N5O2. The molecule has 2 aliphatic rings. The largest absolute Gasteiger partial charge is 0.336 e. The molecule has 1 atom stereocenters. The molecule has 0 bridgehead atoms. The number of hydrogen-bond acceptors (Lipinski definition) is 3. The monoisotopic (exact) mass is 199 g/mol. The third-order valence-electron chi connectivity index (χ3n) is 2.64. The molecule has 1 unspecified atom stereocenters. The van der Waals surface area contributed by atoms with Crippen molar-refractivity contribution in [2.24, 2.45) is 5.84 Å². The fourth-order valence-corrected chi connectivity index (χ4v) is 1.88. The van der Waals surface area contributed by atoms with Crippen molar-refractivity contribution >= 4 is 12.1 Å². The molecule has 14 heavy (non-hydrogen) atoms. The molecule has 7 heteroatoms. The number of rotatable bonds is 0. The number of nitrogens with zero attached hydrogens (tertiary/aromatic N) is 2. The van der Waals surface area contributed by atoms with Crippen LogP contribution in [0.15, 0.2) is 0 Å². The second-order valence-corrected chi connectivity index (χ2v) is 3.43. The summed E-state index contributed by atoms with van der Waals surface area (Å²) in [5, 5.41) is 2.74. The van der Waals surface area contributed by atoms with Crippen molar-refractivity contribution in [3.63, 3.8) is 0 Å². The number of hydrazine groups is 1. The quantitative estimate of drug-likeness (QED) is 0.246. The van der Waals surface area contributed by atoms with E-state index in [-0.39, 0.29) is 18.1 Å². The number of nitrogens with one attached hydrogen (secondary N) is 2. The van der Waals surface area contributed by atoms with Crippen LogP contribution in [0.4, 0.5) is 9.59 Å². The minimum absolute atomic E-state index is 0.0391. The lowest BCUT2D eigenvalue weighted by Crippen LogP contribution is -2.56. The van der Waals surface area contributed by atoms with Crippen molar-refractivity contribution in [2.45, 2.75) is 6.04 Å². The topological polar surface area (TPSA) is 90.7 Å². The SMILES string of the molecule is NNC(=O)N1CCN2C(=O)NCC2C1. The maximum absolute atomic E-state index is 11.2. The van der Waals surface area contributed by atoms with Crippen LogP contribution in [0.5, 0.6) is 0 Å². The molecule has 2 aliphatic heterocycles. The van der Waals surface area contributed by atoms with Gasteiger partial charge in [0.05, 0.1) is 6.04 Å².